The molecule has 0 aromatic heterocycles. The van der Waals surface area contributed by atoms with Gasteiger partial charge in [-0.2, -0.15) is 0 Å². The molecule has 0 spiro atoms. The van der Waals surface area contributed by atoms with Gasteiger partial charge in [-0.05, 0) is 35.2 Å². The van der Waals surface area contributed by atoms with Crippen molar-refractivity contribution in [2.75, 3.05) is 12.4 Å². The monoisotopic (exact) mass is 285 g/mol. The first kappa shape index (κ1) is 13.7. The highest BCUT2D eigenvalue weighted by Crippen LogP contribution is 2.32. The number of nitrogens with two attached hydrogens (primary N) is 1. The Morgan fingerprint density at radius 2 is 1.90 bits per heavy atom. The lowest BCUT2D eigenvalue weighted by Gasteiger charge is -2.25. The van der Waals surface area contributed by atoms with Crippen molar-refractivity contribution >= 4 is 11.8 Å². The Balaban J connectivity index is 1.66. The second kappa shape index (κ2) is 6.44. The van der Waals surface area contributed by atoms with Crippen LogP contribution in [0.4, 0.5) is 0 Å². The molecule has 3 rings (SSSR count). The quantitative estimate of drug-likeness (QED) is 0.873. The molecular formula is C17H19NOS. The largest absolute Gasteiger partial charge is 0.372 e. The van der Waals surface area contributed by atoms with Gasteiger partial charge in [-0.25, -0.2) is 0 Å². The zero-order valence-corrected chi connectivity index (χ0v) is 12.2. The van der Waals surface area contributed by atoms with Crippen LogP contribution in [-0.4, -0.2) is 12.4 Å². The summed E-state index contributed by atoms with van der Waals surface area (Å²) >= 11 is 1.84. The van der Waals surface area contributed by atoms with Gasteiger partial charge in [-0.1, -0.05) is 36.4 Å². The van der Waals surface area contributed by atoms with E-state index in [-0.39, 0.29) is 6.10 Å². The third-order valence-electron chi connectivity index (χ3n) is 3.65. The molecule has 0 fully saturated rings. The number of ether oxygens (including phenoxy) is 1. The van der Waals surface area contributed by atoms with Crippen molar-refractivity contribution in [3.8, 4) is 0 Å². The van der Waals surface area contributed by atoms with Crippen LogP contribution in [0.25, 0.3) is 0 Å². The van der Waals surface area contributed by atoms with E-state index in [1.165, 1.54) is 21.6 Å². The third kappa shape index (κ3) is 3.06. The predicted octanol–water partition coefficient (Wildman–Crippen LogP) is 3.55. The second-order valence-corrected chi connectivity index (χ2v) is 6.06. The molecule has 2 N–H and O–H groups in total. The molecule has 0 bridgehead atoms. The number of thioether (sulfide) groups is 1. The van der Waals surface area contributed by atoms with Crippen molar-refractivity contribution in [3.05, 3.63) is 65.2 Å². The Hall–Kier alpha value is -1.29. The van der Waals surface area contributed by atoms with Gasteiger partial charge in [0.25, 0.3) is 0 Å². The predicted molar refractivity (Wildman–Crippen MR) is 83.9 cm³/mol. The first-order chi connectivity index (χ1) is 9.86. The molecule has 0 amide bonds. The average molecular weight is 285 g/mol. The summed E-state index contributed by atoms with van der Waals surface area (Å²) in [7, 11) is 0. The van der Waals surface area contributed by atoms with Crippen molar-refractivity contribution in [1.82, 2.24) is 0 Å². The summed E-state index contributed by atoms with van der Waals surface area (Å²) in [5, 5.41) is 0. The van der Waals surface area contributed by atoms with Crippen molar-refractivity contribution in [1.29, 1.82) is 0 Å². The third-order valence-corrected chi connectivity index (χ3v) is 4.73. The van der Waals surface area contributed by atoms with Gasteiger partial charge in [0.05, 0.1) is 12.7 Å². The average Bonchev–Trinajstić information content (AvgIpc) is 2.53. The van der Waals surface area contributed by atoms with Crippen LogP contribution >= 0.6 is 11.8 Å². The maximum atomic E-state index is 5.93. The molecule has 2 aromatic carbocycles. The molecule has 1 heterocycles. The summed E-state index contributed by atoms with van der Waals surface area (Å²) in [4.78, 5) is 1.27. The summed E-state index contributed by atoms with van der Waals surface area (Å²) in [6.07, 6.45) is 1.24. The first-order valence-electron chi connectivity index (χ1n) is 6.98. The molecule has 0 saturated heterocycles. The minimum atomic E-state index is 0.208. The topological polar surface area (TPSA) is 35.2 Å². The zero-order chi connectivity index (χ0) is 13.8. The summed E-state index contributed by atoms with van der Waals surface area (Å²) in [6.45, 7) is 1.43. The van der Waals surface area contributed by atoms with E-state index in [4.69, 9.17) is 10.5 Å². The number of hydrogen-bond donors (Lipinski definition) is 1. The lowest BCUT2D eigenvalue weighted by Crippen LogP contribution is -2.17. The fraction of sp³-hybridized carbons (Fsp3) is 0.294. The fourth-order valence-corrected chi connectivity index (χ4v) is 3.46. The van der Waals surface area contributed by atoms with Crippen LogP contribution in [-0.2, 0) is 17.7 Å². The van der Waals surface area contributed by atoms with Crippen LogP contribution in [0.3, 0.4) is 0 Å². The first-order valence-corrected chi connectivity index (χ1v) is 7.96. The van der Waals surface area contributed by atoms with Gasteiger partial charge in [-0.15, -0.1) is 11.8 Å². The normalized spacial score (nSPS) is 17.8. The molecule has 2 nitrogen and oxygen atoms in total. The van der Waals surface area contributed by atoms with E-state index in [2.05, 4.69) is 48.5 Å². The van der Waals surface area contributed by atoms with E-state index >= 15 is 0 Å². The highest BCUT2D eigenvalue weighted by molar-refractivity contribution is 7.99. The van der Waals surface area contributed by atoms with Gasteiger partial charge < -0.3 is 10.5 Å². The minimum Gasteiger partial charge on any atom is -0.372 e. The summed E-state index contributed by atoms with van der Waals surface area (Å²) < 4.78 is 5.93. The smallest absolute Gasteiger partial charge is 0.0921 e. The van der Waals surface area contributed by atoms with Crippen LogP contribution in [0, 0.1) is 0 Å². The van der Waals surface area contributed by atoms with E-state index in [1.807, 2.05) is 11.8 Å². The Kier molecular flexibility index (Phi) is 4.41. The summed E-state index contributed by atoms with van der Waals surface area (Å²) in [5.74, 6) is 0.957. The number of hydrogen-bond acceptors (Lipinski definition) is 3. The molecule has 0 saturated carbocycles. The molecule has 0 radical (unpaired) electrons. The van der Waals surface area contributed by atoms with Gasteiger partial charge in [0.2, 0.25) is 0 Å². The minimum absolute atomic E-state index is 0.208. The van der Waals surface area contributed by atoms with E-state index in [0.717, 1.165) is 18.8 Å². The second-order valence-electron chi connectivity index (χ2n) is 4.97. The molecular weight excluding hydrogens is 266 g/mol. The number of fused-ring (bicyclic) bond motifs is 1. The number of benzene rings is 2. The lowest BCUT2D eigenvalue weighted by molar-refractivity contribution is 0.0588. The standard InChI is InChI=1S/C17H19NOS/c18-11-13-5-7-15(8-6-13)20-12-17-16-4-2-1-3-14(16)9-10-19-17/h1-8,17H,9-12,18H2. The van der Waals surface area contributed by atoms with Crippen molar-refractivity contribution in [3.63, 3.8) is 0 Å². The van der Waals surface area contributed by atoms with Crippen molar-refractivity contribution < 1.29 is 4.74 Å². The molecule has 1 unspecified atom stereocenters. The number of rotatable bonds is 4. The molecule has 1 atom stereocenters. The molecule has 104 valence electrons. The van der Waals surface area contributed by atoms with Crippen LogP contribution in [0.1, 0.15) is 22.8 Å². The van der Waals surface area contributed by atoms with E-state index in [9.17, 15) is 0 Å². The molecule has 1 aliphatic heterocycles. The van der Waals surface area contributed by atoms with Gasteiger partial charge >= 0.3 is 0 Å². The van der Waals surface area contributed by atoms with Crippen molar-refractivity contribution in [2.45, 2.75) is 24.0 Å². The summed E-state index contributed by atoms with van der Waals surface area (Å²) in [6, 6.07) is 17.1. The Morgan fingerprint density at radius 1 is 1.10 bits per heavy atom. The maximum Gasteiger partial charge on any atom is 0.0921 e. The lowest BCUT2D eigenvalue weighted by atomic mass is 9.99. The Labute approximate surface area is 124 Å². The maximum absolute atomic E-state index is 5.93. The Morgan fingerprint density at radius 3 is 2.70 bits per heavy atom. The molecule has 0 aliphatic carbocycles. The van der Waals surface area contributed by atoms with E-state index < -0.39 is 0 Å². The zero-order valence-electron chi connectivity index (χ0n) is 11.4. The van der Waals surface area contributed by atoms with Gasteiger partial charge in [0, 0.05) is 17.2 Å². The highest BCUT2D eigenvalue weighted by Gasteiger charge is 2.20. The van der Waals surface area contributed by atoms with E-state index in [1.54, 1.807) is 0 Å². The molecule has 1 aliphatic rings. The van der Waals surface area contributed by atoms with Gasteiger partial charge in [-0.3, -0.25) is 0 Å². The van der Waals surface area contributed by atoms with Gasteiger partial charge in [0.15, 0.2) is 0 Å². The Bertz CT molecular complexity index is 567. The fourth-order valence-electron chi connectivity index (χ4n) is 2.51. The SMILES string of the molecule is NCc1ccc(SCC2OCCc3ccccc32)cc1. The summed E-state index contributed by atoms with van der Waals surface area (Å²) in [5.41, 5.74) is 9.58. The van der Waals surface area contributed by atoms with Crippen LogP contribution in [0.15, 0.2) is 53.4 Å². The van der Waals surface area contributed by atoms with Gasteiger partial charge in [0.1, 0.15) is 0 Å². The molecule has 3 heteroatoms. The van der Waals surface area contributed by atoms with Crippen LogP contribution in [0.2, 0.25) is 0 Å². The van der Waals surface area contributed by atoms with Crippen LogP contribution < -0.4 is 5.73 Å². The van der Waals surface area contributed by atoms with Crippen molar-refractivity contribution in [2.24, 2.45) is 5.73 Å². The van der Waals surface area contributed by atoms with Crippen LogP contribution in [0.5, 0.6) is 0 Å². The molecule has 20 heavy (non-hydrogen) atoms. The molecule has 2 aromatic rings. The van der Waals surface area contributed by atoms with E-state index in [0.29, 0.717) is 6.54 Å². The highest BCUT2D eigenvalue weighted by atomic mass is 32.2.